The average molecular weight is 333 g/mol. The van der Waals surface area contributed by atoms with E-state index in [0.717, 1.165) is 0 Å². The van der Waals surface area contributed by atoms with Gasteiger partial charge in [0, 0.05) is 36.8 Å². The molecule has 1 atom stereocenters. The number of carboxylic acids is 1. The van der Waals surface area contributed by atoms with Crippen LogP contribution >= 0.6 is 0 Å². The molecule has 8 nitrogen and oxygen atoms in total. The van der Waals surface area contributed by atoms with Gasteiger partial charge in [0.15, 0.2) is 0 Å². The molecule has 1 heterocycles. The van der Waals surface area contributed by atoms with Crippen LogP contribution < -0.4 is 10.6 Å². The Morgan fingerprint density at radius 1 is 1.42 bits per heavy atom. The number of rotatable bonds is 8. The van der Waals surface area contributed by atoms with E-state index in [-0.39, 0.29) is 37.7 Å². The van der Waals surface area contributed by atoms with Gasteiger partial charge in [-0.2, -0.15) is 0 Å². The van der Waals surface area contributed by atoms with Crippen LogP contribution in [0.3, 0.4) is 0 Å². The zero-order chi connectivity index (χ0) is 17.7. The highest BCUT2D eigenvalue weighted by Crippen LogP contribution is 2.31. The standard InChI is InChI=1S/C16H19N3O5/c1-17-15(23)13(6-3-7-20)19-9-11-10(16(19)24)4-2-5-12(11)18-8-14(21)22/h2,4-5,7,13,18H,3,6,8-9H2,1H3,(H,17,23)(H,21,22). The number of aldehydes is 1. The molecule has 1 unspecified atom stereocenters. The van der Waals surface area contributed by atoms with Crippen molar-refractivity contribution in [2.24, 2.45) is 0 Å². The van der Waals surface area contributed by atoms with Crippen LogP contribution in [-0.4, -0.2) is 53.7 Å². The Balaban J connectivity index is 2.27. The Morgan fingerprint density at radius 2 is 2.17 bits per heavy atom. The number of amides is 2. The lowest BCUT2D eigenvalue weighted by molar-refractivity contribution is -0.135. The first-order valence-corrected chi connectivity index (χ1v) is 7.53. The summed E-state index contributed by atoms with van der Waals surface area (Å²) in [5.74, 6) is -1.65. The minimum absolute atomic E-state index is 0.169. The van der Waals surface area contributed by atoms with E-state index in [1.165, 1.54) is 11.9 Å². The van der Waals surface area contributed by atoms with E-state index in [4.69, 9.17) is 5.11 Å². The van der Waals surface area contributed by atoms with Crippen LogP contribution in [0.25, 0.3) is 0 Å². The molecule has 128 valence electrons. The van der Waals surface area contributed by atoms with Gasteiger partial charge >= 0.3 is 5.97 Å². The largest absolute Gasteiger partial charge is 0.480 e. The number of aliphatic carboxylic acids is 1. The number of carboxylic acid groups (broad SMARTS) is 1. The van der Waals surface area contributed by atoms with Crippen molar-refractivity contribution in [3.8, 4) is 0 Å². The zero-order valence-corrected chi connectivity index (χ0v) is 13.2. The molecule has 1 aromatic rings. The molecule has 0 fully saturated rings. The fourth-order valence-corrected chi connectivity index (χ4v) is 2.76. The molecular formula is C16H19N3O5. The third-order valence-corrected chi connectivity index (χ3v) is 3.91. The molecule has 0 aliphatic carbocycles. The number of nitrogens with zero attached hydrogens (tertiary/aromatic N) is 1. The molecule has 1 aliphatic heterocycles. The molecule has 0 spiro atoms. The maximum Gasteiger partial charge on any atom is 0.322 e. The molecule has 24 heavy (non-hydrogen) atoms. The summed E-state index contributed by atoms with van der Waals surface area (Å²) in [4.78, 5) is 47.5. The molecule has 0 aromatic heterocycles. The lowest BCUT2D eigenvalue weighted by Crippen LogP contribution is -2.46. The monoisotopic (exact) mass is 333 g/mol. The van der Waals surface area contributed by atoms with Crippen LogP contribution in [0, 0.1) is 0 Å². The minimum atomic E-state index is -1.01. The summed E-state index contributed by atoms with van der Waals surface area (Å²) in [7, 11) is 1.48. The summed E-state index contributed by atoms with van der Waals surface area (Å²) in [5.41, 5.74) is 1.64. The fourth-order valence-electron chi connectivity index (χ4n) is 2.76. The number of anilines is 1. The van der Waals surface area contributed by atoms with Crippen LogP contribution in [-0.2, 0) is 20.9 Å². The highest BCUT2D eigenvalue weighted by atomic mass is 16.4. The van der Waals surface area contributed by atoms with E-state index in [2.05, 4.69) is 10.6 Å². The Morgan fingerprint density at radius 3 is 2.79 bits per heavy atom. The van der Waals surface area contributed by atoms with Crippen molar-refractivity contribution in [1.29, 1.82) is 0 Å². The second-order valence-corrected chi connectivity index (χ2v) is 5.39. The number of carbonyl (C=O) groups is 4. The van der Waals surface area contributed by atoms with Gasteiger partial charge in [0.25, 0.3) is 5.91 Å². The molecule has 2 rings (SSSR count). The predicted octanol–water partition coefficient (Wildman–Crippen LogP) is 0.233. The van der Waals surface area contributed by atoms with E-state index in [1.54, 1.807) is 18.2 Å². The normalized spacial score (nSPS) is 14.0. The maximum atomic E-state index is 12.6. The molecule has 0 saturated carbocycles. The van der Waals surface area contributed by atoms with Gasteiger partial charge in [-0.3, -0.25) is 14.4 Å². The zero-order valence-electron chi connectivity index (χ0n) is 13.2. The molecule has 8 heteroatoms. The van der Waals surface area contributed by atoms with Gasteiger partial charge in [0.05, 0.1) is 0 Å². The Kier molecular flexibility index (Phi) is 5.51. The van der Waals surface area contributed by atoms with Crippen molar-refractivity contribution in [1.82, 2.24) is 10.2 Å². The third kappa shape index (κ3) is 3.53. The smallest absolute Gasteiger partial charge is 0.322 e. The summed E-state index contributed by atoms with van der Waals surface area (Å²) in [6, 6.07) is 4.25. The second-order valence-electron chi connectivity index (χ2n) is 5.39. The van der Waals surface area contributed by atoms with Gasteiger partial charge in [-0.1, -0.05) is 6.07 Å². The lowest BCUT2D eigenvalue weighted by Gasteiger charge is -2.25. The highest BCUT2D eigenvalue weighted by Gasteiger charge is 2.36. The molecular weight excluding hydrogens is 314 g/mol. The van der Waals surface area contributed by atoms with Crippen molar-refractivity contribution in [3.63, 3.8) is 0 Å². The van der Waals surface area contributed by atoms with E-state index in [0.29, 0.717) is 23.1 Å². The molecule has 0 radical (unpaired) electrons. The van der Waals surface area contributed by atoms with Gasteiger partial charge in [0.2, 0.25) is 5.91 Å². The number of nitrogens with one attached hydrogen (secondary N) is 2. The van der Waals surface area contributed by atoms with Crippen molar-refractivity contribution in [3.05, 3.63) is 29.3 Å². The highest BCUT2D eigenvalue weighted by molar-refractivity contribution is 6.02. The third-order valence-electron chi connectivity index (χ3n) is 3.91. The molecule has 0 bridgehead atoms. The van der Waals surface area contributed by atoms with Crippen LogP contribution in [0.15, 0.2) is 18.2 Å². The first-order valence-electron chi connectivity index (χ1n) is 7.53. The van der Waals surface area contributed by atoms with Gasteiger partial charge < -0.3 is 25.4 Å². The van der Waals surface area contributed by atoms with E-state index in [9.17, 15) is 19.2 Å². The van der Waals surface area contributed by atoms with E-state index >= 15 is 0 Å². The predicted molar refractivity (Wildman–Crippen MR) is 85.6 cm³/mol. The van der Waals surface area contributed by atoms with Gasteiger partial charge in [-0.25, -0.2) is 0 Å². The average Bonchev–Trinajstić information content (AvgIpc) is 2.90. The second kappa shape index (κ2) is 7.58. The number of hydrogen-bond donors (Lipinski definition) is 3. The van der Waals surface area contributed by atoms with Crippen molar-refractivity contribution >= 4 is 29.8 Å². The Labute approximate surface area is 138 Å². The molecule has 1 aliphatic rings. The maximum absolute atomic E-state index is 12.6. The number of carbonyl (C=O) groups excluding carboxylic acids is 3. The van der Waals surface area contributed by atoms with Crippen molar-refractivity contribution in [2.75, 3.05) is 18.9 Å². The topological polar surface area (TPSA) is 116 Å². The van der Waals surface area contributed by atoms with Crippen LogP contribution in [0.5, 0.6) is 0 Å². The molecule has 0 saturated heterocycles. The number of fused-ring (bicyclic) bond motifs is 1. The van der Waals surface area contributed by atoms with Crippen molar-refractivity contribution < 1.29 is 24.3 Å². The summed E-state index contributed by atoms with van der Waals surface area (Å²) < 4.78 is 0. The summed E-state index contributed by atoms with van der Waals surface area (Å²) in [6.07, 6.45) is 1.12. The number of benzene rings is 1. The fraction of sp³-hybridized carbons (Fsp3) is 0.375. The first-order chi connectivity index (χ1) is 11.5. The minimum Gasteiger partial charge on any atom is -0.480 e. The van der Waals surface area contributed by atoms with Gasteiger partial charge in [-0.15, -0.1) is 0 Å². The lowest BCUT2D eigenvalue weighted by atomic mass is 10.1. The van der Waals surface area contributed by atoms with E-state index in [1.807, 2.05) is 0 Å². The SMILES string of the molecule is CNC(=O)C(CCC=O)N1Cc2c(NCC(=O)O)cccc2C1=O. The summed E-state index contributed by atoms with van der Waals surface area (Å²) >= 11 is 0. The van der Waals surface area contributed by atoms with Gasteiger partial charge in [-0.05, 0) is 18.6 Å². The summed E-state index contributed by atoms with van der Waals surface area (Å²) in [6.45, 7) is -0.0808. The Hall–Kier alpha value is -2.90. The number of likely N-dealkylation sites (N-methyl/N-ethyl adjacent to an activating group) is 1. The Bertz CT molecular complexity index is 674. The van der Waals surface area contributed by atoms with E-state index < -0.39 is 12.0 Å². The van der Waals surface area contributed by atoms with Crippen LogP contribution in [0.1, 0.15) is 28.8 Å². The first kappa shape index (κ1) is 17.5. The van der Waals surface area contributed by atoms with Crippen LogP contribution in [0.2, 0.25) is 0 Å². The van der Waals surface area contributed by atoms with Crippen LogP contribution in [0.4, 0.5) is 5.69 Å². The molecule has 1 aromatic carbocycles. The number of hydrogen-bond acceptors (Lipinski definition) is 5. The molecule has 3 N–H and O–H groups in total. The van der Waals surface area contributed by atoms with Gasteiger partial charge in [0.1, 0.15) is 18.9 Å². The quantitative estimate of drug-likeness (QED) is 0.587. The van der Waals surface area contributed by atoms with Crippen molar-refractivity contribution in [2.45, 2.75) is 25.4 Å². The molecule has 2 amide bonds. The summed E-state index contributed by atoms with van der Waals surface area (Å²) in [5, 5.41) is 14.1.